The minimum atomic E-state index is -3.78. The van der Waals surface area contributed by atoms with Crippen LogP contribution in [0.3, 0.4) is 0 Å². The summed E-state index contributed by atoms with van der Waals surface area (Å²) in [7, 11) is -0.884. The number of benzene rings is 2. The second-order valence-corrected chi connectivity index (χ2v) is 6.64. The lowest BCUT2D eigenvalue weighted by atomic mass is 10.1. The highest BCUT2D eigenvalue weighted by atomic mass is 32.2. The molecule has 7 nitrogen and oxygen atoms in total. The van der Waals surface area contributed by atoms with Gasteiger partial charge in [-0.15, -0.1) is 0 Å². The quantitative estimate of drug-likeness (QED) is 0.787. The van der Waals surface area contributed by atoms with Gasteiger partial charge in [-0.2, -0.15) is 0 Å². The summed E-state index contributed by atoms with van der Waals surface area (Å²) in [6, 6.07) is 10.7. The molecule has 0 unspecified atom stereocenters. The van der Waals surface area contributed by atoms with Gasteiger partial charge in [0.15, 0.2) is 11.5 Å². The lowest BCUT2D eigenvalue weighted by Gasteiger charge is -2.12. The number of nitrogens with one attached hydrogen (secondary N) is 1. The standard InChI is InChI=1S/C16H18N2O5S/c1-22-14-8-7-13(10-15(14)23-2)24(20,21)18-12-5-3-11(4-6-12)9-16(17)19/h3-8,10,18H,9H2,1-2H3,(H2,17,19). The van der Waals surface area contributed by atoms with Crippen molar-refractivity contribution in [2.45, 2.75) is 11.3 Å². The molecule has 24 heavy (non-hydrogen) atoms. The van der Waals surface area contributed by atoms with Gasteiger partial charge >= 0.3 is 0 Å². The maximum absolute atomic E-state index is 12.5. The number of amides is 1. The first-order valence-corrected chi connectivity index (χ1v) is 8.46. The fourth-order valence-corrected chi connectivity index (χ4v) is 3.16. The Morgan fingerprint density at radius 1 is 1.04 bits per heavy atom. The van der Waals surface area contributed by atoms with Crippen molar-refractivity contribution in [1.29, 1.82) is 0 Å². The summed E-state index contributed by atoms with van der Waals surface area (Å²) >= 11 is 0. The first-order chi connectivity index (χ1) is 11.4. The van der Waals surface area contributed by atoms with E-state index in [-0.39, 0.29) is 11.3 Å². The Kier molecular flexibility index (Phi) is 5.30. The maximum atomic E-state index is 12.5. The fraction of sp³-hybridized carbons (Fsp3) is 0.188. The van der Waals surface area contributed by atoms with Gasteiger partial charge in [-0.25, -0.2) is 8.42 Å². The lowest BCUT2D eigenvalue weighted by molar-refractivity contribution is -0.117. The summed E-state index contributed by atoms with van der Waals surface area (Å²) in [4.78, 5) is 10.9. The molecule has 0 aliphatic heterocycles. The normalized spacial score (nSPS) is 10.9. The molecule has 2 aromatic rings. The third-order valence-corrected chi connectivity index (χ3v) is 4.63. The van der Waals surface area contributed by atoms with Crippen LogP contribution in [-0.2, 0) is 21.2 Å². The molecule has 0 atom stereocenters. The fourth-order valence-electron chi connectivity index (χ4n) is 2.09. The molecule has 0 fully saturated rings. The van der Waals surface area contributed by atoms with Gasteiger partial charge in [0, 0.05) is 11.8 Å². The zero-order chi connectivity index (χ0) is 17.7. The van der Waals surface area contributed by atoms with Crippen LogP contribution in [0, 0.1) is 0 Å². The van der Waals surface area contributed by atoms with Crippen molar-refractivity contribution in [3.63, 3.8) is 0 Å². The summed E-state index contributed by atoms with van der Waals surface area (Å²) < 4.78 is 37.6. The number of anilines is 1. The van der Waals surface area contributed by atoms with Gasteiger partial charge in [0.2, 0.25) is 5.91 Å². The predicted molar refractivity (Wildman–Crippen MR) is 89.7 cm³/mol. The Labute approximate surface area is 140 Å². The average Bonchev–Trinajstić information content (AvgIpc) is 2.55. The van der Waals surface area contributed by atoms with E-state index in [2.05, 4.69) is 4.72 Å². The number of rotatable bonds is 7. The molecule has 1 amide bonds. The molecule has 2 aromatic carbocycles. The molecule has 3 N–H and O–H groups in total. The molecule has 0 aromatic heterocycles. The highest BCUT2D eigenvalue weighted by Crippen LogP contribution is 2.30. The minimum absolute atomic E-state index is 0.0429. The van der Waals surface area contributed by atoms with Crippen LogP contribution in [0.15, 0.2) is 47.4 Å². The predicted octanol–water partition coefficient (Wildman–Crippen LogP) is 1.53. The molecule has 0 aliphatic rings. The van der Waals surface area contributed by atoms with Gasteiger partial charge in [0.05, 0.1) is 25.5 Å². The van der Waals surface area contributed by atoms with E-state index in [0.29, 0.717) is 22.7 Å². The summed E-state index contributed by atoms with van der Waals surface area (Å²) in [6.45, 7) is 0. The molecule has 0 saturated heterocycles. The number of sulfonamides is 1. The summed E-state index contributed by atoms with van der Waals surface area (Å²) in [6.07, 6.45) is 0.0999. The van der Waals surface area contributed by atoms with Crippen molar-refractivity contribution < 1.29 is 22.7 Å². The van der Waals surface area contributed by atoms with E-state index in [9.17, 15) is 13.2 Å². The van der Waals surface area contributed by atoms with E-state index >= 15 is 0 Å². The molecule has 8 heteroatoms. The highest BCUT2D eigenvalue weighted by molar-refractivity contribution is 7.92. The van der Waals surface area contributed by atoms with Crippen LogP contribution in [0.1, 0.15) is 5.56 Å². The zero-order valence-electron chi connectivity index (χ0n) is 13.3. The number of ether oxygens (including phenoxy) is 2. The van der Waals surface area contributed by atoms with E-state index in [1.54, 1.807) is 24.3 Å². The molecule has 0 saturated carbocycles. The average molecular weight is 350 g/mol. The van der Waals surface area contributed by atoms with E-state index in [0.717, 1.165) is 0 Å². The van der Waals surface area contributed by atoms with Gasteiger partial charge in [0.1, 0.15) is 0 Å². The van der Waals surface area contributed by atoms with Crippen LogP contribution >= 0.6 is 0 Å². The Balaban J connectivity index is 2.23. The van der Waals surface area contributed by atoms with Crippen molar-refractivity contribution in [1.82, 2.24) is 0 Å². The van der Waals surface area contributed by atoms with Crippen LogP contribution in [0.25, 0.3) is 0 Å². The second-order valence-electron chi connectivity index (χ2n) is 4.96. The van der Waals surface area contributed by atoms with Crippen LogP contribution in [0.2, 0.25) is 0 Å². The summed E-state index contributed by atoms with van der Waals surface area (Å²) in [5, 5.41) is 0. The second kappa shape index (κ2) is 7.22. The summed E-state index contributed by atoms with van der Waals surface area (Å²) in [5.41, 5.74) is 6.20. The van der Waals surface area contributed by atoms with E-state index in [4.69, 9.17) is 15.2 Å². The molecule has 0 bridgehead atoms. The van der Waals surface area contributed by atoms with Gasteiger partial charge in [-0.05, 0) is 29.8 Å². The topological polar surface area (TPSA) is 108 Å². The van der Waals surface area contributed by atoms with E-state index < -0.39 is 15.9 Å². The first kappa shape index (κ1) is 17.6. The van der Waals surface area contributed by atoms with Crippen molar-refractivity contribution in [2.24, 2.45) is 5.73 Å². The van der Waals surface area contributed by atoms with Gasteiger partial charge in [-0.3, -0.25) is 9.52 Å². The van der Waals surface area contributed by atoms with Gasteiger partial charge in [0.25, 0.3) is 10.0 Å². The van der Waals surface area contributed by atoms with Crippen LogP contribution < -0.4 is 19.9 Å². The number of carbonyl (C=O) groups excluding carboxylic acids is 1. The highest BCUT2D eigenvalue weighted by Gasteiger charge is 2.17. The number of nitrogens with two attached hydrogens (primary N) is 1. The maximum Gasteiger partial charge on any atom is 0.262 e. The Morgan fingerprint density at radius 2 is 1.67 bits per heavy atom. The monoisotopic (exact) mass is 350 g/mol. The molecule has 0 spiro atoms. The number of hydrogen-bond donors (Lipinski definition) is 2. The van der Waals surface area contributed by atoms with Crippen LogP contribution in [0.4, 0.5) is 5.69 Å². The molecule has 0 heterocycles. The molecular weight excluding hydrogens is 332 g/mol. The number of carbonyl (C=O) groups is 1. The van der Waals surface area contributed by atoms with Crippen LogP contribution in [-0.4, -0.2) is 28.5 Å². The Morgan fingerprint density at radius 3 is 2.21 bits per heavy atom. The van der Waals surface area contributed by atoms with Crippen molar-refractivity contribution in [2.75, 3.05) is 18.9 Å². The summed E-state index contributed by atoms with van der Waals surface area (Å²) in [5.74, 6) is 0.304. The smallest absolute Gasteiger partial charge is 0.262 e. The van der Waals surface area contributed by atoms with Gasteiger partial charge < -0.3 is 15.2 Å². The largest absolute Gasteiger partial charge is 0.493 e. The van der Waals surface area contributed by atoms with E-state index in [1.807, 2.05) is 0 Å². The SMILES string of the molecule is COc1ccc(S(=O)(=O)Nc2ccc(CC(N)=O)cc2)cc1OC. The molecule has 2 rings (SSSR count). The number of methoxy groups -OCH3 is 2. The van der Waals surface area contributed by atoms with Crippen LogP contribution in [0.5, 0.6) is 11.5 Å². The number of hydrogen-bond acceptors (Lipinski definition) is 5. The van der Waals surface area contributed by atoms with E-state index in [1.165, 1.54) is 32.4 Å². The molecule has 0 aliphatic carbocycles. The third-order valence-electron chi connectivity index (χ3n) is 3.25. The minimum Gasteiger partial charge on any atom is -0.493 e. The molecular formula is C16H18N2O5S. The first-order valence-electron chi connectivity index (χ1n) is 6.98. The van der Waals surface area contributed by atoms with Gasteiger partial charge in [-0.1, -0.05) is 12.1 Å². The van der Waals surface area contributed by atoms with Crippen molar-refractivity contribution in [3.8, 4) is 11.5 Å². The Hall–Kier alpha value is -2.74. The number of primary amides is 1. The zero-order valence-corrected chi connectivity index (χ0v) is 14.1. The third kappa shape index (κ3) is 4.17. The van der Waals surface area contributed by atoms with Crippen molar-refractivity contribution in [3.05, 3.63) is 48.0 Å². The Bertz CT molecular complexity index is 832. The lowest BCUT2D eigenvalue weighted by Crippen LogP contribution is -2.14. The van der Waals surface area contributed by atoms with Crippen molar-refractivity contribution >= 4 is 21.6 Å². The molecule has 0 radical (unpaired) electrons. The molecule has 128 valence electrons.